The van der Waals surface area contributed by atoms with E-state index >= 15 is 0 Å². The Morgan fingerprint density at radius 1 is 1.11 bits per heavy atom. The molecule has 1 saturated heterocycles. The molecule has 186 valence electrons. The second-order valence-corrected chi connectivity index (χ2v) is 9.95. The molecule has 0 aromatic heterocycles. The first kappa shape index (κ1) is 27.4. The Bertz CT molecular complexity index is 1190. The summed E-state index contributed by atoms with van der Waals surface area (Å²) < 4.78 is 17.2. The van der Waals surface area contributed by atoms with Gasteiger partial charge in [-0.25, -0.2) is 4.79 Å². The van der Waals surface area contributed by atoms with Gasteiger partial charge in [0.2, 0.25) is 0 Å². The first-order valence-electron chi connectivity index (χ1n) is 10.6. The third kappa shape index (κ3) is 6.52. The fourth-order valence-electron chi connectivity index (χ4n) is 3.16. The molecule has 7 nitrogen and oxygen atoms in total. The van der Waals surface area contributed by atoms with Crippen LogP contribution in [-0.2, 0) is 20.9 Å². The quantitative estimate of drug-likeness (QED) is 0.233. The summed E-state index contributed by atoms with van der Waals surface area (Å²) in [5.41, 5.74) is 1.35. The summed E-state index contributed by atoms with van der Waals surface area (Å²) in [6, 6.07) is 7.54. The van der Waals surface area contributed by atoms with Gasteiger partial charge in [0.1, 0.15) is 12.6 Å². The molecule has 2 aromatic carbocycles. The molecule has 0 aliphatic carbocycles. The number of carbonyl (C=O) groups is 3. The minimum Gasteiger partial charge on any atom is -0.490 e. The molecule has 1 fully saturated rings. The van der Waals surface area contributed by atoms with E-state index in [4.69, 9.17) is 37.4 Å². The number of benzene rings is 2. The number of amides is 2. The highest BCUT2D eigenvalue weighted by molar-refractivity contribution is 9.10. The van der Waals surface area contributed by atoms with E-state index in [2.05, 4.69) is 15.9 Å². The van der Waals surface area contributed by atoms with Crippen LogP contribution in [0.1, 0.15) is 31.9 Å². The Labute approximate surface area is 225 Å². The minimum absolute atomic E-state index is 0.154. The predicted octanol–water partition coefficient (Wildman–Crippen LogP) is 6.72. The standard InChI is InChI=1S/C24H22BrCl2NO6S/c1-4-32-19-8-15(9-21-22(29)28(24(31)35-21)13(3)23(30)33-5-2)17(25)11-20(19)34-12-14-6-7-16(26)10-18(14)27/h6-11,13H,4-5,12H2,1-3H3/b21-9+/t13-/m1/s1. The van der Waals surface area contributed by atoms with Crippen molar-refractivity contribution in [1.29, 1.82) is 0 Å². The van der Waals surface area contributed by atoms with Crippen molar-refractivity contribution in [3.63, 3.8) is 0 Å². The van der Waals surface area contributed by atoms with Gasteiger partial charge >= 0.3 is 5.97 Å². The molecule has 0 spiro atoms. The van der Waals surface area contributed by atoms with E-state index in [1.165, 1.54) is 6.92 Å². The molecule has 0 saturated carbocycles. The first-order valence-corrected chi connectivity index (χ1v) is 13.0. The number of carbonyl (C=O) groups excluding carboxylic acids is 3. The SMILES string of the molecule is CCOC(=O)[C@@H](C)N1C(=O)S/C(=C/c2cc(OCC)c(OCc3ccc(Cl)cc3Cl)cc2Br)C1=O. The molecule has 3 rings (SSSR count). The van der Waals surface area contributed by atoms with Gasteiger partial charge in [-0.15, -0.1) is 0 Å². The van der Waals surface area contributed by atoms with Gasteiger partial charge in [-0.3, -0.25) is 14.5 Å². The number of rotatable bonds is 9. The van der Waals surface area contributed by atoms with Crippen molar-refractivity contribution >= 4 is 74.1 Å². The van der Waals surface area contributed by atoms with E-state index in [-0.39, 0.29) is 18.1 Å². The molecule has 1 atom stereocenters. The van der Waals surface area contributed by atoms with Crippen LogP contribution in [0, 0.1) is 0 Å². The van der Waals surface area contributed by atoms with Gasteiger partial charge in [-0.05, 0) is 68.4 Å². The molecule has 0 radical (unpaired) electrons. The molecule has 1 aliphatic rings. The number of hydrogen-bond acceptors (Lipinski definition) is 7. The number of imide groups is 1. The van der Waals surface area contributed by atoms with Crippen LogP contribution in [0.2, 0.25) is 10.0 Å². The van der Waals surface area contributed by atoms with Crippen LogP contribution < -0.4 is 9.47 Å². The highest BCUT2D eigenvalue weighted by Gasteiger charge is 2.41. The molecule has 1 heterocycles. The lowest BCUT2D eigenvalue weighted by Crippen LogP contribution is -2.42. The van der Waals surface area contributed by atoms with Crippen molar-refractivity contribution in [2.24, 2.45) is 0 Å². The van der Waals surface area contributed by atoms with Crippen molar-refractivity contribution in [3.8, 4) is 11.5 Å². The number of thioether (sulfide) groups is 1. The molecular formula is C24H22BrCl2NO6S. The Morgan fingerprint density at radius 3 is 2.49 bits per heavy atom. The van der Waals surface area contributed by atoms with Crippen molar-refractivity contribution in [3.05, 3.63) is 60.9 Å². The van der Waals surface area contributed by atoms with Gasteiger partial charge in [-0.2, -0.15) is 0 Å². The van der Waals surface area contributed by atoms with E-state index in [0.29, 0.717) is 38.2 Å². The van der Waals surface area contributed by atoms with Crippen LogP contribution >= 0.6 is 50.9 Å². The smallest absolute Gasteiger partial charge is 0.329 e. The summed E-state index contributed by atoms with van der Waals surface area (Å²) in [5, 5.41) is 0.476. The minimum atomic E-state index is -1.02. The average molecular weight is 603 g/mol. The molecule has 0 unspecified atom stereocenters. The number of halogens is 3. The second-order valence-electron chi connectivity index (χ2n) is 7.26. The molecule has 35 heavy (non-hydrogen) atoms. The molecule has 0 N–H and O–H groups in total. The van der Waals surface area contributed by atoms with Gasteiger partial charge in [0.25, 0.3) is 11.1 Å². The molecule has 1 aliphatic heterocycles. The Morgan fingerprint density at radius 2 is 1.83 bits per heavy atom. The fourth-order valence-corrected chi connectivity index (χ4v) is 4.96. The van der Waals surface area contributed by atoms with Crippen LogP contribution in [0.5, 0.6) is 11.5 Å². The Kier molecular flexibility index (Phi) is 9.52. The molecule has 0 bridgehead atoms. The Balaban J connectivity index is 1.86. The zero-order valence-corrected chi connectivity index (χ0v) is 23.0. The third-order valence-electron chi connectivity index (χ3n) is 4.89. The van der Waals surface area contributed by atoms with Crippen molar-refractivity contribution < 1.29 is 28.6 Å². The maximum atomic E-state index is 12.9. The summed E-state index contributed by atoms with van der Waals surface area (Å²) in [6.45, 7) is 5.67. The lowest BCUT2D eigenvalue weighted by molar-refractivity contribution is -0.150. The van der Waals surface area contributed by atoms with Crippen molar-refractivity contribution in [2.45, 2.75) is 33.4 Å². The number of hydrogen-bond donors (Lipinski definition) is 0. The number of esters is 1. The summed E-state index contributed by atoms with van der Waals surface area (Å²) in [7, 11) is 0. The molecule has 2 aromatic rings. The fraction of sp³-hybridized carbons (Fsp3) is 0.292. The number of ether oxygens (including phenoxy) is 3. The lowest BCUT2D eigenvalue weighted by Gasteiger charge is -2.19. The third-order valence-corrected chi connectivity index (χ3v) is 7.04. The predicted molar refractivity (Wildman–Crippen MR) is 140 cm³/mol. The molecule has 2 amide bonds. The van der Waals surface area contributed by atoms with E-state index in [1.54, 1.807) is 43.3 Å². The van der Waals surface area contributed by atoms with Crippen LogP contribution in [0.3, 0.4) is 0 Å². The Hall–Kier alpha value is -2.20. The summed E-state index contributed by atoms with van der Waals surface area (Å²) >= 11 is 16.4. The maximum absolute atomic E-state index is 12.9. The van der Waals surface area contributed by atoms with Gasteiger partial charge in [0.15, 0.2) is 11.5 Å². The van der Waals surface area contributed by atoms with E-state index in [0.717, 1.165) is 22.2 Å². The highest BCUT2D eigenvalue weighted by Crippen LogP contribution is 2.39. The van der Waals surface area contributed by atoms with Gasteiger partial charge < -0.3 is 14.2 Å². The van der Waals surface area contributed by atoms with Crippen LogP contribution in [0.4, 0.5) is 4.79 Å². The van der Waals surface area contributed by atoms with Crippen molar-refractivity contribution in [1.82, 2.24) is 4.90 Å². The van der Waals surface area contributed by atoms with E-state index < -0.39 is 23.2 Å². The lowest BCUT2D eigenvalue weighted by atomic mass is 10.1. The van der Waals surface area contributed by atoms with Crippen LogP contribution in [0.25, 0.3) is 6.08 Å². The highest BCUT2D eigenvalue weighted by atomic mass is 79.9. The van der Waals surface area contributed by atoms with Crippen LogP contribution in [0.15, 0.2) is 39.7 Å². The summed E-state index contributed by atoms with van der Waals surface area (Å²) in [6.07, 6.45) is 1.56. The van der Waals surface area contributed by atoms with Crippen molar-refractivity contribution in [2.75, 3.05) is 13.2 Å². The summed E-state index contributed by atoms with van der Waals surface area (Å²) in [4.78, 5) is 38.5. The molecular weight excluding hydrogens is 581 g/mol. The zero-order valence-electron chi connectivity index (χ0n) is 19.1. The van der Waals surface area contributed by atoms with Crippen LogP contribution in [-0.4, -0.2) is 41.3 Å². The summed E-state index contributed by atoms with van der Waals surface area (Å²) in [5.74, 6) is -0.293. The van der Waals surface area contributed by atoms with E-state index in [1.807, 2.05) is 6.92 Å². The van der Waals surface area contributed by atoms with Gasteiger partial charge in [-0.1, -0.05) is 45.2 Å². The normalized spacial score (nSPS) is 15.5. The average Bonchev–Trinajstić information content (AvgIpc) is 3.08. The maximum Gasteiger partial charge on any atom is 0.329 e. The van der Waals surface area contributed by atoms with Gasteiger partial charge in [0, 0.05) is 20.1 Å². The largest absolute Gasteiger partial charge is 0.490 e. The van der Waals surface area contributed by atoms with E-state index in [9.17, 15) is 14.4 Å². The topological polar surface area (TPSA) is 82.1 Å². The molecule has 11 heteroatoms. The second kappa shape index (κ2) is 12.2. The monoisotopic (exact) mass is 601 g/mol. The van der Waals surface area contributed by atoms with Gasteiger partial charge in [0.05, 0.1) is 18.1 Å². The first-order chi connectivity index (χ1) is 16.7. The number of nitrogens with zero attached hydrogens (tertiary/aromatic N) is 1. The zero-order chi connectivity index (χ0) is 25.7.